The molecule has 54 valence electrons. The molecule has 0 aromatic rings. The van der Waals surface area contributed by atoms with Crippen LogP contribution in [0.2, 0.25) is 0 Å². The zero-order chi connectivity index (χ0) is 7.44. The third-order valence-corrected chi connectivity index (χ3v) is 1.03. The monoisotopic (exact) mass is 153 g/mol. The molecule has 3 nitrogen and oxygen atoms in total. The minimum Gasteiger partial charge on any atom is -0.548 e. The van der Waals surface area contributed by atoms with Gasteiger partial charge in [0.1, 0.15) is 0 Å². The van der Waals surface area contributed by atoms with Crippen molar-refractivity contribution in [3.05, 3.63) is 0 Å². The second-order valence-electron chi connectivity index (χ2n) is 2.56. The smallest absolute Gasteiger partial charge is 0.548 e. The van der Waals surface area contributed by atoms with Gasteiger partial charge in [-0.05, 0) is 12.3 Å². The number of carbonyl (C=O) groups is 1. The maximum absolute atomic E-state index is 10.00. The molecule has 0 amide bonds. The van der Waals surface area contributed by atoms with E-state index in [4.69, 9.17) is 5.73 Å². The van der Waals surface area contributed by atoms with Crippen LogP contribution in [-0.2, 0) is 4.79 Å². The first-order chi connectivity index (χ1) is 4.04. The van der Waals surface area contributed by atoms with Crippen LogP contribution in [0.25, 0.3) is 0 Å². The van der Waals surface area contributed by atoms with Crippen molar-refractivity contribution in [3.8, 4) is 0 Å². The van der Waals surface area contributed by atoms with E-state index in [0.29, 0.717) is 12.3 Å². The van der Waals surface area contributed by atoms with Crippen molar-refractivity contribution in [3.63, 3.8) is 0 Å². The van der Waals surface area contributed by atoms with Gasteiger partial charge in [-0.2, -0.15) is 0 Å². The second-order valence-corrected chi connectivity index (χ2v) is 2.56. The molecule has 2 N–H and O–H groups in total. The van der Waals surface area contributed by atoms with Gasteiger partial charge in [0.15, 0.2) is 0 Å². The van der Waals surface area contributed by atoms with Gasteiger partial charge in [0, 0.05) is 6.04 Å². The number of carboxylic acids is 1. The molecular formula is C6H12NNaO2. The fourth-order valence-electron chi connectivity index (χ4n) is 0.604. The molecule has 4 heteroatoms. The largest absolute Gasteiger partial charge is 1.00 e. The Balaban J connectivity index is 0. The van der Waals surface area contributed by atoms with E-state index in [-0.39, 0.29) is 29.6 Å². The van der Waals surface area contributed by atoms with E-state index in [2.05, 4.69) is 0 Å². The third-order valence-electron chi connectivity index (χ3n) is 1.03. The van der Waals surface area contributed by atoms with Crippen LogP contribution in [-0.4, -0.2) is 12.0 Å². The summed E-state index contributed by atoms with van der Waals surface area (Å²) in [5, 5.41) is 10.00. The van der Waals surface area contributed by atoms with Crippen molar-refractivity contribution in [2.24, 2.45) is 11.7 Å². The Morgan fingerprint density at radius 1 is 1.60 bits per heavy atom. The maximum Gasteiger partial charge on any atom is 1.00 e. The summed E-state index contributed by atoms with van der Waals surface area (Å²) in [4.78, 5) is 10.00. The Bertz CT molecular complexity index is 106. The number of carbonyl (C=O) groups excluding carboxylic acids is 1. The Hall–Kier alpha value is 0.430. The van der Waals surface area contributed by atoms with Crippen molar-refractivity contribution in [1.29, 1.82) is 0 Å². The van der Waals surface area contributed by atoms with Crippen molar-refractivity contribution >= 4 is 5.97 Å². The average Bonchev–Trinajstić information content (AvgIpc) is 1.63. The fourth-order valence-corrected chi connectivity index (χ4v) is 0.604. The molecule has 0 fully saturated rings. The molecule has 10 heavy (non-hydrogen) atoms. The van der Waals surface area contributed by atoms with E-state index in [0.717, 1.165) is 0 Å². The van der Waals surface area contributed by atoms with Crippen molar-refractivity contribution in [1.82, 2.24) is 0 Å². The van der Waals surface area contributed by atoms with E-state index >= 15 is 0 Å². The van der Waals surface area contributed by atoms with E-state index in [1.54, 1.807) is 0 Å². The zero-order valence-corrected chi connectivity index (χ0v) is 8.76. The first-order valence-electron chi connectivity index (χ1n) is 3.00. The summed E-state index contributed by atoms with van der Waals surface area (Å²) in [6, 6.07) is -0.801. The summed E-state index contributed by atoms with van der Waals surface area (Å²) in [6.45, 7) is 3.84. The first kappa shape index (κ1) is 13.1. The van der Waals surface area contributed by atoms with Gasteiger partial charge < -0.3 is 15.6 Å². The third kappa shape index (κ3) is 6.55. The molecular weight excluding hydrogens is 141 g/mol. The molecule has 0 saturated carbocycles. The van der Waals surface area contributed by atoms with Gasteiger partial charge in [0.2, 0.25) is 0 Å². The van der Waals surface area contributed by atoms with Gasteiger partial charge in [-0.25, -0.2) is 0 Å². The minimum absolute atomic E-state index is 0. The topological polar surface area (TPSA) is 66.2 Å². The summed E-state index contributed by atoms with van der Waals surface area (Å²) in [5.41, 5.74) is 5.16. The van der Waals surface area contributed by atoms with Crippen LogP contribution >= 0.6 is 0 Å². The minimum atomic E-state index is -1.16. The number of rotatable bonds is 3. The first-order valence-corrected chi connectivity index (χ1v) is 3.00. The quantitative estimate of drug-likeness (QED) is 0.422. The molecule has 1 unspecified atom stereocenters. The van der Waals surface area contributed by atoms with Gasteiger partial charge in [0.25, 0.3) is 0 Å². The average molecular weight is 153 g/mol. The van der Waals surface area contributed by atoms with E-state index < -0.39 is 12.0 Å². The molecule has 0 rings (SSSR count). The summed E-state index contributed by atoms with van der Waals surface area (Å²) >= 11 is 0. The molecule has 0 aliphatic rings. The maximum atomic E-state index is 10.00. The molecule has 0 heterocycles. The predicted molar refractivity (Wildman–Crippen MR) is 32.4 cm³/mol. The van der Waals surface area contributed by atoms with Gasteiger partial charge >= 0.3 is 29.6 Å². The fraction of sp³-hybridized carbons (Fsp3) is 0.833. The van der Waals surface area contributed by atoms with Crippen LogP contribution in [0.1, 0.15) is 20.3 Å². The van der Waals surface area contributed by atoms with Crippen molar-refractivity contribution < 1.29 is 39.5 Å². The number of nitrogens with two attached hydrogens (primary N) is 1. The number of carboxylic acid groups (broad SMARTS) is 1. The van der Waals surface area contributed by atoms with Gasteiger partial charge in [-0.3, -0.25) is 0 Å². The Morgan fingerprint density at radius 3 is 2.10 bits per heavy atom. The van der Waals surface area contributed by atoms with Crippen LogP contribution in [0.3, 0.4) is 0 Å². The van der Waals surface area contributed by atoms with Gasteiger partial charge in [0.05, 0.1) is 5.97 Å². The number of hydrogen-bond acceptors (Lipinski definition) is 3. The van der Waals surface area contributed by atoms with E-state index in [9.17, 15) is 9.90 Å². The number of aliphatic carboxylic acids is 1. The molecule has 0 saturated heterocycles. The number of hydrogen-bond donors (Lipinski definition) is 1. The molecule has 1 atom stereocenters. The summed E-state index contributed by atoms with van der Waals surface area (Å²) in [5.74, 6) is -0.846. The zero-order valence-electron chi connectivity index (χ0n) is 6.76. The Labute approximate surface area is 83.3 Å². The molecule has 0 aliphatic carbocycles. The SMILES string of the molecule is CC(C)CC(N)C(=O)[O-].[Na+]. The van der Waals surface area contributed by atoms with E-state index in [1.807, 2.05) is 13.8 Å². The second kappa shape index (κ2) is 6.16. The molecule has 0 aliphatic heterocycles. The van der Waals surface area contributed by atoms with Crippen molar-refractivity contribution in [2.45, 2.75) is 26.3 Å². The Morgan fingerprint density at radius 2 is 2.00 bits per heavy atom. The van der Waals surface area contributed by atoms with Crippen LogP contribution < -0.4 is 40.4 Å². The normalized spacial score (nSPS) is 12.4. The molecule has 0 radical (unpaired) electrons. The van der Waals surface area contributed by atoms with Crippen LogP contribution in [0.5, 0.6) is 0 Å². The summed E-state index contributed by atoms with van der Waals surface area (Å²) < 4.78 is 0. The summed E-state index contributed by atoms with van der Waals surface area (Å²) in [7, 11) is 0. The molecule has 0 bridgehead atoms. The predicted octanol–water partition coefficient (Wildman–Crippen LogP) is -3.89. The summed E-state index contributed by atoms with van der Waals surface area (Å²) in [6.07, 6.45) is 0.488. The Kier molecular flexibility index (Phi) is 8.04. The standard InChI is InChI=1S/C6H13NO2.Na/c1-4(2)3-5(7)6(8)9;/h4-5H,3,7H2,1-2H3,(H,8,9);/q;+1/p-1. The van der Waals surface area contributed by atoms with Crippen LogP contribution in [0.4, 0.5) is 0 Å². The molecule has 0 aromatic carbocycles. The molecule has 0 aromatic heterocycles. The van der Waals surface area contributed by atoms with E-state index in [1.165, 1.54) is 0 Å². The van der Waals surface area contributed by atoms with Crippen LogP contribution in [0, 0.1) is 5.92 Å². The van der Waals surface area contributed by atoms with Gasteiger partial charge in [-0.1, -0.05) is 13.8 Å². The molecule has 0 spiro atoms. The van der Waals surface area contributed by atoms with Crippen LogP contribution in [0.15, 0.2) is 0 Å². The van der Waals surface area contributed by atoms with Crippen molar-refractivity contribution in [2.75, 3.05) is 0 Å². The van der Waals surface area contributed by atoms with Gasteiger partial charge in [-0.15, -0.1) is 0 Å².